The summed E-state index contributed by atoms with van der Waals surface area (Å²) in [4.78, 5) is 11.5. The molecule has 0 bridgehead atoms. The van der Waals surface area contributed by atoms with Crippen molar-refractivity contribution in [3.63, 3.8) is 0 Å². The van der Waals surface area contributed by atoms with Crippen molar-refractivity contribution < 1.29 is 0 Å². The van der Waals surface area contributed by atoms with Crippen molar-refractivity contribution in [1.82, 2.24) is 15.0 Å². The smallest absolute Gasteiger partial charge is 0.220 e. The van der Waals surface area contributed by atoms with E-state index in [1.54, 1.807) is 6.20 Å². The quantitative estimate of drug-likeness (QED) is 0.667. The molecule has 17 heavy (non-hydrogen) atoms. The van der Waals surface area contributed by atoms with Gasteiger partial charge in [-0.15, -0.1) is 0 Å². The highest BCUT2D eigenvalue weighted by atomic mass is 15.0. The molecule has 3 rings (SSSR count). The lowest BCUT2D eigenvalue weighted by Gasteiger charge is -2.01. The molecule has 0 amide bonds. The fourth-order valence-corrected chi connectivity index (χ4v) is 2.12. The zero-order chi connectivity index (χ0) is 11.8. The van der Waals surface area contributed by atoms with Gasteiger partial charge in [0, 0.05) is 28.4 Å². The molecule has 3 N–H and O–H groups in total. The maximum Gasteiger partial charge on any atom is 0.220 e. The number of aryl methyl sites for hydroxylation is 1. The molecule has 0 unspecified atom stereocenters. The Labute approximate surface area is 98.5 Å². The molecule has 0 fully saturated rings. The summed E-state index contributed by atoms with van der Waals surface area (Å²) in [6.45, 7) is 2.04. The minimum atomic E-state index is 0.298. The number of nitrogens with two attached hydrogens (primary N) is 1. The molecule has 0 radical (unpaired) electrons. The lowest BCUT2D eigenvalue weighted by molar-refractivity contribution is 1.18. The average Bonchev–Trinajstić information content (AvgIpc) is 2.64. The lowest BCUT2D eigenvalue weighted by atomic mass is 10.1. The van der Waals surface area contributed by atoms with Crippen molar-refractivity contribution in [2.45, 2.75) is 6.92 Å². The van der Waals surface area contributed by atoms with Crippen LogP contribution in [0.2, 0.25) is 0 Å². The van der Waals surface area contributed by atoms with Gasteiger partial charge in [0.25, 0.3) is 0 Å². The van der Waals surface area contributed by atoms with Gasteiger partial charge in [-0.05, 0) is 19.1 Å². The van der Waals surface area contributed by atoms with E-state index in [0.29, 0.717) is 5.95 Å². The zero-order valence-corrected chi connectivity index (χ0v) is 9.44. The van der Waals surface area contributed by atoms with E-state index in [-0.39, 0.29) is 0 Å². The van der Waals surface area contributed by atoms with Gasteiger partial charge >= 0.3 is 0 Å². The van der Waals surface area contributed by atoms with Crippen LogP contribution in [0.3, 0.4) is 0 Å². The van der Waals surface area contributed by atoms with Gasteiger partial charge in [0.1, 0.15) is 0 Å². The van der Waals surface area contributed by atoms with Crippen molar-refractivity contribution in [3.8, 4) is 11.3 Å². The number of nitrogens with one attached hydrogen (secondary N) is 1. The molecular formula is C13H12N4. The second kappa shape index (κ2) is 3.59. The maximum atomic E-state index is 5.63. The first-order chi connectivity index (χ1) is 8.25. The van der Waals surface area contributed by atoms with Crippen LogP contribution in [0.4, 0.5) is 5.95 Å². The fourth-order valence-electron chi connectivity index (χ4n) is 2.12. The monoisotopic (exact) mass is 224 g/mol. The summed E-state index contributed by atoms with van der Waals surface area (Å²) >= 11 is 0. The third kappa shape index (κ3) is 1.54. The van der Waals surface area contributed by atoms with E-state index < -0.39 is 0 Å². The second-order valence-corrected chi connectivity index (χ2v) is 3.97. The van der Waals surface area contributed by atoms with Crippen LogP contribution in [0.5, 0.6) is 0 Å². The highest BCUT2D eigenvalue weighted by molar-refractivity contribution is 5.96. The third-order valence-electron chi connectivity index (χ3n) is 2.82. The molecule has 0 aliphatic carbocycles. The molecule has 0 spiro atoms. The van der Waals surface area contributed by atoms with Crippen LogP contribution >= 0.6 is 0 Å². The standard InChI is InChI=1S/C13H12N4/c1-8-12(11-6-7-15-13(14)17-11)9-4-2-3-5-10(9)16-8/h2-7,16H,1H3,(H2,14,15,17). The number of nitrogens with zero attached hydrogens (tertiary/aromatic N) is 2. The van der Waals surface area contributed by atoms with E-state index in [1.165, 1.54) is 0 Å². The summed E-state index contributed by atoms with van der Waals surface area (Å²) in [6.07, 6.45) is 1.68. The largest absolute Gasteiger partial charge is 0.368 e. The summed E-state index contributed by atoms with van der Waals surface area (Å²) in [5, 5.41) is 1.16. The molecule has 2 heterocycles. The normalized spacial score (nSPS) is 10.9. The summed E-state index contributed by atoms with van der Waals surface area (Å²) in [5.74, 6) is 0.298. The maximum absolute atomic E-state index is 5.63. The molecule has 4 nitrogen and oxygen atoms in total. The summed E-state index contributed by atoms with van der Waals surface area (Å²) in [5.41, 5.74) is 9.77. The van der Waals surface area contributed by atoms with Crippen molar-refractivity contribution in [1.29, 1.82) is 0 Å². The number of aromatic nitrogens is 3. The molecule has 84 valence electrons. The minimum Gasteiger partial charge on any atom is -0.368 e. The third-order valence-corrected chi connectivity index (χ3v) is 2.82. The van der Waals surface area contributed by atoms with Gasteiger partial charge in [-0.3, -0.25) is 0 Å². The Hall–Kier alpha value is -2.36. The molecule has 0 aliphatic heterocycles. The second-order valence-electron chi connectivity index (χ2n) is 3.97. The van der Waals surface area contributed by atoms with E-state index in [2.05, 4.69) is 27.1 Å². The van der Waals surface area contributed by atoms with Gasteiger partial charge in [-0.2, -0.15) is 0 Å². The number of anilines is 1. The van der Waals surface area contributed by atoms with Crippen LogP contribution in [0.15, 0.2) is 36.5 Å². The van der Waals surface area contributed by atoms with E-state index in [0.717, 1.165) is 27.9 Å². The number of hydrogen-bond acceptors (Lipinski definition) is 3. The molecule has 4 heteroatoms. The van der Waals surface area contributed by atoms with Gasteiger partial charge in [0.15, 0.2) is 0 Å². The molecule has 3 aromatic rings. The average molecular weight is 224 g/mol. The lowest BCUT2D eigenvalue weighted by Crippen LogP contribution is -1.95. The van der Waals surface area contributed by atoms with E-state index in [1.807, 2.05) is 25.1 Å². The van der Waals surface area contributed by atoms with Crippen molar-refractivity contribution >= 4 is 16.9 Å². The van der Waals surface area contributed by atoms with Gasteiger partial charge in [-0.1, -0.05) is 18.2 Å². The molecular weight excluding hydrogens is 212 g/mol. The van der Waals surface area contributed by atoms with Crippen molar-refractivity contribution in [3.05, 3.63) is 42.2 Å². The number of fused-ring (bicyclic) bond motifs is 1. The summed E-state index contributed by atoms with van der Waals surface area (Å²) in [6, 6.07) is 10.0. The van der Waals surface area contributed by atoms with Crippen LogP contribution in [-0.4, -0.2) is 15.0 Å². The molecule has 0 saturated heterocycles. The number of hydrogen-bond donors (Lipinski definition) is 2. The Morgan fingerprint density at radius 1 is 1.18 bits per heavy atom. The van der Waals surface area contributed by atoms with Crippen LogP contribution in [0.1, 0.15) is 5.69 Å². The fraction of sp³-hybridized carbons (Fsp3) is 0.0769. The number of aromatic amines is 1. The Morgan fingerprint density at radius 3 is 2.82 bits per heavy atom. The number of nitrogen functional groups attached to an aromatic ring is 1. The first-order valence-corrected chi connectivity index (χ1v) is 5.42. The zero-order valence-electron chi connectivity index (χ0n) is 9.44. The van der Waals surface area contributed by atoms with Gasteiger partial charge < -0.3 is 10.7 Å². The first-order valence-electron chi connectivity index (χ1n) is 5.42. The first kappa shape index (κ1) is 9.84. The number of benzene rings is 1. The van der Waals surface area contributed by atoms with Gasteiger partial charge in [-0.25, -0.2) is 9.97 Å². The molecule has 1 aromatic carbocycles. The predicted octanol–water partition coefficient (Wildman–Crippen LogP) is 2.52. The SMILES string of the molecule is Cc1[nH]c2ccccc2c1-c1ccnc(N)n1. The van der Waals surface area contributed by atoms with E-state index >= 15 is 0 Å². The van der Waals surface area contributed by atoms with Gasteiger partial charge in [0.2, 0.25) is 5.95 Å². The van der Waals surface area contributed by atoms with Crippen molar-refractivity contribution in [2.24, 2.45) is 0 Å². The molecule has 0 saturated carbocycles. The topological polar surface area (TPSA) is 67.6 Å². The predicted molar refractivity (Wildman–Crippen MR) is 68.5 cm³/mol. The van der Waals surface area contributed by atoms with Crippen molar-refractivity contribution in [2.75, 3.05) is 5.73 Å². The van der Waals surface area contributed by atoms with E-state index in [4.69, 9.17) is 5.73 Å². The van der Waals surface area contributed by atoms with Crippen LogP contribution in [-0.2, 0) is 0 Å². The number of rotatable bonds is 1. The highest BCUT2D eigenvalue weighted by Crippen LogP contribution is 2.30. The number of para-hydroxylation sites is 1. The summed E-state index contributed by atoms with van der Waals surface area (Å²) < 4.78 is 0. The Morgan fingerprint density at radius 2 is 2.00 bits per heavy atom. The van der Waals surface area contributed by atoms with E-state index in [9.17, 15) is 0 Å². The Bertz CT molecular complexity index is 685. The molecule has 2 aromatic heterocycles. The number of H-pyrrole nitrogens is 1. The molecule has 0 aliphatic rings. The van der Waals surface area contributed by atoms with Crippen LogP contribution < -0.4 is 5.73 Å². The highest BCUT2D eigenvalue weighted by Gasteiger charge is 2.11. The summed E-state index contributed by atoms with van der Waals surface area (Å²) in [7, 11) is 0. The Balaban J connectivity index is 2.33. The minimum absolute atomic E-state index is 0.298. The molecule has 0 atom stereocenters. The van der Waals surface area contributed by atoms with Crippen LogP contribution in [0.25, 0.3) is 22.2 Å². The van der Waals surface area contributed by atoms with Gasteiger partial charge in [0.05, 0.1) is 5.69 Å². The Kier molecular flexibility index (Phi) is 2.08. The van der Waals surface area contributed by atoms with Crippen LogP contribution in [0, 0.1) is 6.92 Å².